The van der Waals surface area contributed by atoms with Gasteiger partial charge in [0.15, 0.2) is 21.0 Å². The number of hydrogen-bond acceptors (Lipinski definition) is 14. The normalized spacial score (nSPS) is 20.3. The van der Waals surface area contributed by atoms with Gasteiger partial charge in [0.25, 0.3) is 0 Å². The zero-order valence-corrected chi connectivity index (χ0v) is 21.0. The maximum absolute atomic E-state index is 12.9. The van der Waals surface area contributed by atoms with E-state index in [2.05, 4.69) is 20.3 Å². The van der Waals surface area contributed by atoms with E-state index in [9.17, 15) is 24.7 Å². The predicted molar refractivity (Wildman–Crippen MR) is 130 cm³/mol. The molecular formula is C17H16ClN7O5S4. The molecule has 4 rings (SSSR count). The third-order valence-electron chi connectivity index (χ3n) is 5.16. The third kappa shape index (κ3) is 4.72. The summed E-state index contributed by atoms with van der Waals surface area (Å²) in [6, 6.07) is -0.446. The van der Waals surface area contributed by atoms with Crippen LogP contribution in [0.25, 0.3) is 0 Å². The number of aliphatic carboxylic acids is 1. The van der Waals surface area contributed by atoms with Crippen LogP contribution in [0, 0.1) is 5.92 Å². The van der Waals surface area contributed by atoms with Gasteiger partial charge in [0.05, 0.1) is 11.0 Å². The quantitative estimate of drug-likeness (QED) is 0.0871. The maximum Gasteiger partial charge on any atom is 0.353 e. The Labute approximate surface area is 213 Å². The molecule has 6 N–H and O–H groups in total. The zero-order chi connectivity index (χ0) is 24.6. The lowest BCUT2D eigenvalue weighted by Gasteiger charge is -2.50. The molecule has 2 atom stereocenters. The number of nitrogens with zero attached hydrogens (tertiary/aromatic N) is 5. The second-order valence-electron chi connectivity index (χ2n) is 7.06. The van der Waals surface area contributed by atoms with Crippen LogP contribution in [0.5, 0.6) is 0 Å². The number of nitrogen functional groups attached to an aromatic ring is 2. The number of anilines is 2. The number of thioether (sulfide) groups is 2. The number of hydrogen-bond donors (Lipinski definition) is 4. The molecule has 17 heteroatoms. The number of amides is 1. The number of Topliss-reactive ketones (excluding diaryl/α,β-unsaturated/α-hetero) is 1. The van der Waals surface area contributed by atoms with Gasteiger partial charge in [-0.25, -0.2) is 9.78 Å². The van der Waals surface area contributed by atoms with Crippen LogP contribution in [0.2, 0.25) is 4.34 Å². The molecule has 0 radical (unpaired) electrons. The largest absolute Gasteiger partial charge is 0.477 e. The minimum atomic E-state index is -1.21. The van der Waals surface area contributed by atoms with Gasteiger partial charge in [0.1, 0.15) is 15.7 Å². The molecule has 0 saturated carbocycles. The van der Waals surface area contributed by atoms with Crippen molar-refractivity contribution in [3.8, 4) is 0 Å². The lowest BCUT2D eigenvalue weighted by atomic mass is 9.77. The molecule has 0 spiro atoms. The smallest absolute Gasteiger partial charge is 0.353 e. The van der Waals surface area contributed by atoms with Crippen molar-refractivity contribution in [1.82, 2.24) is 20.1 Å². The molecule has 1 saturated heterocycles. The molecule has 0 bridgehead atoms. The van der Waals surface area contributed by atoms with Crippen LogP contribution in [0.4, 0.5) is 10.3 Å². The van der Waals surface area contributed by atoms with E-state index in [1.165, 1.54) is 39.8 Å². The summed E-state index contributed by atoms with van der Waals surface area (Å²) in [5, 5.41) is 30.7. The molecule has 1 amide bonds. The lowest BCUT2D eigenvalue weighted by molar-refractivity contribution is -0.159. The number of allylic oxidation sites excluding steroid dienone is 1. The van der Waals surface area contributed by atoms with E-state index in [0.29, 0.717) is 32.3 Å². The topological polar surface area (TPSA) is 198 Å². The van der Waals surface area contributed by atoms with Crippen molar-refractivity contribution >= 4 is 91.4 Å². The van der Waals surface area contributed by atoms with E-state index in [1.54, 1.807) is 0 Å². The van der Waals surface area contributed by atoms with Gasteiger partial charge in [-0.15, -0.1) is 22.0 Å². The van der Waals surface area contributed by atoms with Crippen molar-refractivity contribution < 1.29 is 24.7 Å². The second-order valence-corrected chi connectivity index (χ2v) is 12.4. The fourth-order valence-electron chi connectivity index (χ4n) is 3.75. The molecule has 0 aromatic carbocycles. The monoisotopic (exact) mass is 561 g/mol. The minimum absolute atomic E-state index is 0.0524. The van der Waals surface area contributed by atoms with Crippen molar-refractivity contribution in [1.29, 1.82) is 0 Å². The molecule has 34 heavy (non-hydrogen) atoms. The molecule has 12 nitrogen and oxygen atoms in total. The fraction of sp³-hybridized carbons (Fsp3) is 0.353. The summed E-state index contributed by atoms with van der Waals surface area (Å²) in [6.07, 6.45) is 0.672. The Balaban J connectivity index is 1.45. The number of aromatic nitrogens is 3. The van der Waals surface area contributed by atoms with Crippen molar-refractivity contribution in [2.24, 2.45) is 11.1 Å². The molecule has 4 heterocycles. The number of rotatable bonds is 9. The van der Waals surface area contributed by atoms with E-state index in [4.69, 9.17) is 23.1 Å². The Bertz CT molecular complexity index is 1230. The van der Waals surface area contributed by atoms with Crippen molar-refractivity contribution in [3.63, 3.8) is 0 Å². The summed E-state index contributed by atoms with van der Waals surface area (Å²) in [6.45, 7) is 0. The summed E-state index contributed by atoms with van der Waals surface area (Å²) >= 11 is 10.9. The number of carboxylic acid groups (broad SMARTS) is 1. The molecular weight excluding hydrogens is 546 g/mol. The summed E-state index contributed by atoms with van der Waals surface area (Å²) < 4.78 is 0.753. The first kappa shape index (κ1) is 24.7. The molecule has 2 aliphatic heterocycles. The summed E-state index contributed by atoms with van der Waals surface area (Å²) in [4.78, 5) is 43.3. The number of fused-ring (bicyclic) bond motifs is 1. The minimum Gasteiger partial charge on any atom is -0.477 e. The summed E-state index contributed by atoms with van der Waals surface area (Å²) in [7, 11) is 0. The molecule has 1 fully saturated rings. The third-order valence-corrected chi connectivity index (χ3v) is 9.41. The number of carbonyl (C=O) groups excluding carboxylic acids is 2. The maximum atomic E-state index is 12.9. The van der Waals surface area contributed by atoms with E-state index in [-0.39, 0.29) is 33.0 Å². The fourth-order valence-corrected chi connectivity index (χ4v) is 7.84. The van der Waals surface area contributed by atoms with Gasteiger partial charge in [0, 0.05) is 17.4 Å². The van der Waals surface area contributed by atoms with Gasteiger partial charge in [-0.3, -0.25) is 9.59 Å². The van der Waals surface area contributed by atoms with Crippen molar-refractivity contribution in [3.05, 3.63) is 20.6 Å². The van der Waals surface area contributed by atoms with Crippen LogP contribution in [0.15, 0.2) is 20.1 Å². The van der Waals surface area contributed by atoms with Crippen LogP contribution >= 0.6 is 57.8 Å². The first-order valence-electron chi connectivity index (χ1n) is 9.52. The average Bonchev–Trinajstić information content (AvgIpc) is 3.35. The van der Waals surface area contributed by atoms with Crippen LogP contribution in [-0.4, -0.2) is 64.9 Å². The Morgan fingerprint density at radius 2 is 2.00 bits per heavy atom. The van der Waals surface area contributed by atoms with Crippen LogP contribution in [0.1, 0.15) is 25.0 Å². The number of nitrogens with two attached hydrogens (primary N) is 2. The highest BCUT2D eigenvalue weighted by Crippen LogP contribution is 2.45. The number of thiazole rings is 1. The van der Waals surface area contributed by atoms with Crippen molar-refractivity contribution in [2.75, 3.05) is 16.6 Å². The lowest BCUT2D eigenvalue weighted by Crippen LogP contribution is -2.63. The Hall–Kier alpha value is -2.40. The number of halogens is 1. The van der Waals surface area contributed by atoms with Gasteiger partial charge in [-0.1, -0.05) is 51.2 Å². The molecule has 2 aromatic rings. The molecule has 2 unspecified atom stereocenters. The molecule has 2 aromatic heterocycles. The van der Waals surface area contributed by atoms with Gasteiger partial charge in [-0.05, 0) is 12.8 Å². The standard InChI is InChI=1S/C17H16ClN7O5S4/c18-12-10(21-15(19)33-12)9(24-30)7(26)3-5-6-1-2-8(11(14(28)29)25(6)13(5)27)31-4-32-17-23-22-16(20)34-17/h5-6,30H,1-4H2,(H2,19,21)(H2,20,22)(H,28,29)/b24-9+. The highest BCUT2D eigenvalue weighted by molar-refractivity contribution is 8.18. The van der Waals surface area contributed by atoms with Crippen LogP contribution in [-0.2, 0) is 14.4 Å². The average molecular weight is 562 g/mol. The first-order chi connectivity index (χ1) is 16.2. The number of β-lactam (4-membered cyclic amide) rings is 1. The van der Waals surface area contributed by atoms with E-state index < -0.39 is 29.6 Å². The van der Waals surface area contributed by atoms with E-state index in [0.717, 1.165) is 11.3 Å². The Kier molecular flexibility index (Phi) is 7.32. The SMILES string of the molecule is Nc1nnc(SCSC2=C(C(=O)O)N3C(=O)C(CC(=O)/C(=N\O)c4nc(N)sc4Cl)C3CC2)s1. The van der Waals surface area contributed by atoms with Gasteiger partial charge >= 0.3 is 5.97 Å². The number of carboxylic acids is 1. The Morgan fingerprint density at radius 1 is 1.24 bits per heavy atom. The highest BCUT2D eigenvalue weighted by atomic mass is 35.5. The zero-order valence-electron chi connectivity index (χ0n) is 17.0. The number of oxime groups is 1. The van der Waals surface area contributed by atoms with Crippen LogP contribution in [0.3, 0.4) is 0 Å². The van der Waals surface area contributed by atoms with E-state index in [1.807, 2.05) is 0 Å². The van der Waals surface area contributed by atoms with Gasteiger partial charge in [0.2, 0.25) is 11.0 Å². The number of carbonyl (C=O) groups is 3. The summed E-state index contributed by atoms with van der Waals surface area (Å²) in [5.74, 6) is -3.06. The van der Waals surface area contributed by atoms with Crippen LogP contribution < -0.4 is 11.5 Å². The second kappa shape index (κ2) is 10.1. The van der Waals surface area contributed by atoms with Gasteiger partial charge in [-0.2, -0.15) is 0 Å². The molecule has 0 aliphatic carbocycles. The summed E-state index contributed by atoms with van der Waals surface area (Å²) in [5.41, 5.74) is 10.6. The van der Waals surface area contributed by atoms with Gasteiger partial charge < -0.3 is 26.7 Å². The predicted octanol–water partition coefficient (Wildman–Crippen LogP) is 2.35. The highest BCUT2D eigenvalue weighted by Gasteiger charge is 2.53. The first-order valence-corrected chi connectivity index (χ1v) is 13.5. The number of ketones is 1. The van der Waals surface area contributed by atoms with E-state index >= 15 is 0 Å². The molecule has 180 valence electrons. The molecule has 2 aliphatic rings. The van der Waals surface area contributed by atoms with Crippen molar-refractivity contribution in [2.45, 2.75) is 29.6 Å². The Morgan fingerprint density at radius 3 is 2.59 bits per heavy atom.